The van der Waals surface area contributed by atoms with Crippen LogP contribution in [-0.2, 0) is 28.2 Å². The van der Waals surface area contributed by atoms with Gasteiger partial charge in [0.2, 0.25) is 5.91 Å². The number of rotatable bonds is 5. The molecule has 0 bridgehead atoms. The third kappa shape index (κ3) is 3.81. The van der Waals surface area contributed by atoms with Gasteiger partial charge in [-0.15, -0.1) is 0 Å². The highest BCUT2D eigenvalue weighted by atomic mass is 32.2. The van der Waals surface area contributed by atoms with Gasteiger partial charge in [0, 0.05) is 25.8 Å². The van der Waals surface area contributed by atoms with Gasteiger partial charge in [-0.25, -0.2) is 13.2 Å². The molecule has 1 saturated heterocycles. The lowest BCUT2D eigenvalue weighted by atomic mass is 10.2. The van der Waals surface area contributed by atoms with Crippen LogP contribution in [0.1, 0.15) is 23.7 Å². The SMILES string of the molecule is CCN(C(=O)Cn1c(=O)c(C(N)=O)cn(C)c1=O)[C@H]1CCS(=O)(=O)C1. The minimum atomic E-state index is -3.19. The molecule has 1 aromatic heterocycles. The molecule has 0 unspecified atom stereocenters. The van der Waals surface area contributed by atoms with Crippen molar-refractivity contribution in [1.29, 1.82) is 0 Å². The van der Waals surface area contributed by atoms with Crippen molar-refractivity contribution in [2.75, 3.05) is 18.1 Å². The molecule has 1 atom stereocenters. The van der Waals surface area contributed by atoms with Crippen LogP contribution in [-0.4, -0.2) is 58.4 Å². The Kier molecular flexibility index (Phi) is 5.16. The van der Waals surface area contributed by atoms with Crippen molar-refractivity contribution in [1.82, 2.24) is 14.0 Å². The molecule has 2 rings (SSSR count). The summed E-state index contributed by atoms with van der Waals surface area (Å²) < 4.78 is 24.9. The normalized spacial score (nSPS) is 18.9. The second-order valence-corrected chi connectivity index (χ2v) is 8.16. The van der Waals surface area contributed by atoms with E-state index in [4.69, 9.17) is 5.73 Å². The van der Waals surface area contributed by atoms with Crippen LogP contribution in [0.3, 0.4) is 0 Å². The van der Waals surface area contributed by atoms with Crippen LogP contribution in [0.15, 0.2) is 15.8 Å². The number of carbonyl (C=O) groups is 2. The molecule has 0 aliphatic carbocycles. The largest absolute Gasteiger partial charge is 0.365 e. The first-order valence-corrected chi connectivity index (χ1v) is 9.49. The van der Waals surface area contributed by atoms with E-state index in [2.05, 4.69) is 0 Å². The standard InChI is InChI=1S/C14H20N4O6S/c1-3-17(9-4-5-25(23,24)8-9)11(19)7-18-13(21)10(12(15)20)6-16(2)14(18)22/h6,9H,3-5,7-8H2,1-2H3,(H2,15,20)/t9-/m0/s1. The summed E-state index contributed by atoms with van der Waals surface area (Å²) in [7, 11) is -1.86. The Morgan fingerprint density at radius 2 is 2.00 bits per heavy atom. The lowest BCUT2D eigenvalue weighted by molar-refractivity contribution is -0.133. The van der Waals surface area contributed by atoms with Gasteiger partial charge in [0.25, 0.3) is 11.5 Å². The first-order chi connectivity index (χ1) is 11.6. The maximum Gasteiger partial charge on any atom is 0.331 e. The van der Waals surface area contributed by atoms with Crippen molar-refractivity contribution in [3.8, 4) is 0 Å². The van der Waals surface area contributed by atoms with E-state index in [1.54, 1.807) is 6.92 Å². The Hall–Kier alpha value is -2.43. The van der Waals surface area contributed by atoms with Crippen LogP contribution < -0.4 is 17.0 Å². The Bertz CT molecular complexity index is 930. The summed E-state index contributed by atoms with van der Waals surface area (Å²) in [4.78, 5) is 49.6. The highest BCUT2D eigenvalue weighted by Crippen LogP contribution is 2.17. The molecule has 1 aliphatic rings. The maximum absolute atomic E-state index is 12.5. The van der Waals surface area contributed by atoms with E-state index in [0.29, 0.717) is 11.0 Å². The van der Waals surface area contributed by atoms with Gasteiger partial charge in [-0.2, -0.15) is 0 Å². The van der Waals surface area contributed by atoms with Crippen molar-refractivity contribution >= 4 is 21.7 Å². The summed E-state index contributed by atoms with van der Waals surface area (Å²) >= 11 is 0. The quantitative estimate of drug-likeness (QED) is 0.615. The number of aryl methyl sites for hydroxylation is 1. The van der Waals surface area contributed by atoms with E-state index in [9.17, 15) is 27.6 Å². The van der Waals surface area contributed by atoms with Gasteiger partial charge in [0.05, 0.1) is 11.5 Å². The summed E-state index contributed by atoms with van der Waals surface area (Å²) in [5.74, 6) is -1.71. The van der Waals surface area contributed by atoms with E-state index >= 15 is 0 Å². The minimum Gasteiger partial charge on any atom is -0.365 e. The van der Waals surface area contributed by atoms with E-state index in [-0.39, 0.29) is 18.1 Å². The average molecular weight is 372 g/mol. The smallest absolute Gasteiger partial charge is 0.331 e. The fraction of sp³-hybridized carbons (Fsp3) is 0.571. The molecular formula is C14H20N4O6S. The number of primary amides is 1. The van der Waals surface area contributed by atoms with Gasteiger partial charge < -0.3 is 15.2 Å². The number of sulfone groups is 1. The van der Waals surface area contributed by atoms with Crippen molar-refractivity contribution in [3.63, 3.8) is 0 Å². The van der Waals surface area contributed by atoms with Gasteiger partial charge in [-0.3, -0.25) is 19.0 Å². The van der Waals surface area contributed by atoms with Crippen LogP contribution in [0, 0.1) is 0 Å². The highest BCUT2D eigenvalue weighted by Gasteiger charge is 2.34. The van der Waals surface area contributed by atoms with Crippen molar-refractivity contribution in [3.05, 3.63) is 32.6 Å². The van der Waals surface area contributed by atoms with E-state index in [1.807, 2.05) is 0 Å². The number of aromatic nitrogens is 2. The molecule has 2 N–H and O–H groups in total. The number of carbonyl (C=O) groups excluding carboxylic acids is 2. The fourth-order valence-electron chi connectivity index (χ4n) is 2.92. The summed E-state index contributed by atoms with van der Waals surface area (Å²) in [6.07, 6.45) is 1.34. The molecule has 1 aliphatic heterocycles. The Morgan fingerprint density at radius 1 is 1.36 bits per heavy atom. The molecule has 2 heterocycles. The molecule has 0 aromatic carbocycles. The van der Waals surface area contributed by atoms with Gasteiger partial charge in [0.15, 0.2) is 9.84 Å². The summed E-state index contributed by atoms with van der Waals surface area (Å²) in [6.45, 7) is 1.34. The van der Waals surface area contributed by atoms with Crippen LogP contribution in [0.5, 0.6) is 0 Å². The molecule has 138 valence electrons. The molecule has 25 heavy (non-hydrogen) atoms. The van der Waals surface area contributed by atoms with Gasteiger partial charge in [-0.05, 0) is 13.3 Å². The third-order valence-corrected chi connectivity index (χ3v) is 5.95. The number of nitrogens with zero attached hydrogens (tertiary/aromatic N) is 3. The summed E-state index contributed by atoms with van der Waals surface area (Å²) in [5.41, 5.74) is 3.01. The molecule has 1 aromatic rings. The Balaban J connectivity index is 2.35. The topological polar surface area (TPSA) is 142 Å². The Labute approximate surface area is 143 Å². The first kappa shape index (κ1) is 18.9. The monoisotopic (exact) mass is 372 g/mol. The van der Waals surface area contributed by atoms with Crippen molar-refractivity contribution < 1.29 is 18.0 Å². The molecule has 0 spiro atoms. The highest BCUT2D eigenvalue weighted by molar-refractivity contribution is 7.91. The van der Waals surface area contributed by atoms with Crippen molar-refractivity contribution in [2.24, 2.45) is 12.8 Å². The number of amides is 2. The zero-order valence-electron chi connectivity index (χ0n) is 14.0. The average Bonchev–Trinajstić information content (AvgIpc) is 2.87. The zero-order chi connectivity index (χ0) is 18.9. The molecule has 10 nitrogen and oxygen atoms in total. The molecule has 0 radical (unpaired) electrons. The minimum absolute atomic E-state index is 0.000319. The molecular weight excluding hydrogens is 352 g/mol. The zero-order valence-corrected chi connectivity index (χ0v) is 14.8. The van der Waals surface area contributed by atoms with E-state index in [0.717, 1.165) is 10.8 Å². The maximum atomic E-state index is 12.5. The number of likely N-dealkylation sites (N-methyl/N-ethyl adjacent to an activating group) is 1. The van der Waals surface area contributed by atoms with E-state index in [1.165, 1.54) is 11.9 Å². The number of hydrogen-bond donors (Lipinski definition) is 1. The van der Waals surface area contributed by atoms with Crippen LogP contribution in [0.2, 0.25) is 0 Å². The van der Waals surface area contributed by atoms with Crippen LogP contribution >= 0.6 is 0 Å². The summed E-state index contributed by atoms with van der Waals surface area (Å²) in [6, 6.07) is -0.485. The predicted octanol–water partition coefficient (Wildman–Crippen LogP) is -2.32. The predicted molar refractivity (Wildman–Crippen MR) is 88.9 cm³/mol. The Morgan fingerprint density at radius 3 is 2.48 bits per heavy atom. The first-order valence-electron chi connectivity index (χ1n) is 7.67. The van der Waals surface area contributed by atoms with E-state index < -0.39 is 51.1 Å². The van der Waals surface area contributed by atoms with Crippen molar-refractivity contribution in [2.45, 2.75) is 25.9 Å². The van der Waals surface area contributed by atoms with Crippen LogP contribution in [0.25, 0.3) is 0 Å². The molecule has 0 saturated carbocycles. The second kappa shape index (κ2) is 6.82. The number of nitrogens with two attached hydrogens (primary N) is 1. The number of hydrogen-bond acceptors (Lipinski definition) is 6. The molecule has 1 fully saturated rings. The van der Waals surface area contributed by atoms with Gasteiger partial charge in [0.1, 0.15) is 12.1 Å². The molecule has 11 heteroatoms. The second-order valence-electron chi connectivity index (χ2n) is 5.93. The summed E-state index contributed by atoms with van der Waals surface area (Å²) in [5, 5.41) is 0. The molecule has 2 amide bonds. The third-order valence-electron chi connectivity index (χ3n) is 4.20. The lowest BCUT2D eigenvalue weighted by Gasteiger charge is -2.27. The lowest BCUT2D eigenvalue weighted by Crippen LogP contribution is -2.48. The van der Waals surface area contributed by atoms with Gasteiger partial charge in [-0.1, -0.05) is 0 Å². The van der Waals surface area contributed by atoms with Gasteiger partial charge >= 0.3 is 5.69 Å². The van der Waals surface area contributed by atoms with Crippen LogP contribution in [0.4, 0.5) is 0 Å². The fourth-order valence-corrected chi connectivity index (χ4v) is 4.65.